The molecule has 0 aliphatic heterocycles. The molecule has 19 heavy (non-hydrogen) atoms. The number of ether oxygens (including phenoxy) is 1. The number of aromatic nitrogens is 1. The number of pyridine rings is 1. The van der Waals surface area contributed by atoms with Crippen LogP contribution in [0.4, 0.5) is 0 Å². The molecule has 94 valence electrons. The fourth-order valence-corrected chi connectivity index (χ4v) is 2.42. The van der Waals surface area contributed by atoms with E-state index in [1.807, 2.05) is 54.6 Å². The Balaban J connectivity index is 1.92. The lowest BCUT2D eigenvalue weighted by Crippen LogP contribution is -1.96. The molecule has 0 aliphatic carbocycles. The summed E-state index contributed by atoms with van der Waals surface area (Å²) < 4.78 is 6.89. The fourth-order valence-electron chi connectivity index (χ4n) is 1.97. The zero-order chi connectivity index (χ0) is 13.1. The van der Waals surface area contributed by atoms with Crippen LogP contribution in [0.2, 0.25) is 0 Å². The smallest absolute Gasteiger partial charge is 0.147 e. The predicted molar refractivity (Wildman–Crippen MR) is 80.2 cm³/mol. The number of hydrogen-bond acceptors (Lipinski definition) is 2. The first-order valence-corrected chi connectivity index (χ1v) is 6.83. The van der Waals surface area contributed by atoms with E-state index in [1.54, 1.807) is 6.20 Å². The monoisotopic (exact) mass is 313 g/mol. The van der Waals surface area contributed by atoms with Crippen molar-refractivity contribution >= 4 is 26.8 Å². The highest BCUT2D eigenvalue weighted by molar-refractivity contribution is 9.10. The van der Waals surface area contributed by atoms with Gasteiger partial charge in [-0.1, -0.05) is 52.3 Å². The molecule has 3 heteroatoms. The minimum atomic E-state index is 0.545. The Labute approximate surface area is 120 Å². The number of rotatable bonds is 3. The van der Waals surface area contributed by atoms with Crippen LogP contribution in [0, 0.1) is 0 Å². The molecule has 3 aromatic rings. The van der Waals surface area contributed by atoms with Crippen molar-refractivity contribution in [3.05, 3.63) is 70.8 Å². The number of benzene rings is 2. The molecular weight excluding hydrogens is 302 g/mol. The van der Waals surface area contributed by atoms with Crippen LogP contribution in [0.25, 0.3) is 10.9 Å². The van der Waals surface area contributed by atoms with Gasteiger partial charge in [0, 0.05) is 16.1 Å². The zero-order valence-corrected chi connectivity index (χ0v) is 11.8. The van der Waals surface area contributed by atoms with Gasteiger partial charge in [-0.05, 0) is 23.8 Å². The van der Waals surface area contributed by atoms with E-state index in [2.05, 4.69) is 20.9 Å². The van der Waals surface area contributed by atoms with E-state index in [0.29, 0.717) is 6.61 Å². The van der Waals surface area contributed by atoms with Crippen molar-refractivity contribution < 1.29 is 4.74 Å². The molecule has 2 aromatic carbocycles. The molecule has 2 nitrogen and oxygen atoms in total. The summed E-state index contributed by atoms with van der Waals surface area (Å²) in [5, 5.41) is 1.07. The average Bonchev–Trinajstić information content (AvgIpc) is 2.45. The van der Waals surface area contributed by atoms with Gasteiger partial charge in [-0.2, -0.15) is 0 Å². The van der Waals surface area contributed by atoms with Gasteiger partial charge >= 0.3 is 0 Å². The topological polar surface area (TPSA) is 22.1 Å². The summed E-state index contributed by atoms with van der Waals surface area (Å²) in [6.45, 7) is 0.545. The first-order chi connectivity index (χ1) is 9.33. The van der Waals surface area contributed by atoms with Crippen LogP contribution in [0.1, 0.15) is 5.56 Å². The van der Waals surface area contributed by atoms with Crippen molar-refractivity contribution in [3.8, 4) is 5.75 Å². The van der Waals surface area contributed by atoms with Crippen molar-refractivity contribution in [3.63, 3.8) is 0 Å². The lowest BCUT2D eigenvalue weighted by molar-refractivity contribution is 0.309. The fraction of sp³-hybridized carbons (Fsp3) is 0.0625. The first kappa shape index (κ1) is 12.2. The van der Waals surface area contributed by atoms with E-state index >= 15 is 0 Å². The molecule has 0 aliphatic rings. The minimum absolute atomic E-state index is 0.545. The molecule has 0 N–H and O–H groups in total. The van der Waals surface area contributed by atoms with E-state index in [4.69, 9.17) is 4.74 Å². The van der Waals surface area contributed by atoms with Crippen LogP contribution in [-0.2, 0) is 6.61 Å². The second-order valence-electron chi connectivity index (χ2n) is 4.25. The van der Waals surface area contributed by atoms with Gasteiger partial charge in [-0.3, -0.25) is 4.98 Å². The van der Waals surface area contributed by atoms with Gasteiger partial charge in [-0.15, -0.1) is 0 Å². The Morgan fingerprint density at radius 3 is 2.68 bits per heavy atom. The van der Waals surface area contributed by atoms with Crippen molar-refractivity contribution in [1.29, 1.82) is 0 Å². The van der Waals surface area contributed by atoms with Crippen LogP contribution in [0.3, 0.4) is 0 Å². The molecule has 3 rings (SSSR count). The van der Waals surface area contributed by atoms with E-state index < -0.39 is 0 Å². The molecule has 1 aromatic heterocycles. The maximum absolute atomic E-state index is 5.89. The summed E-state index contributed by atoms with van der Waals surface area (Å²) >= 11 is 3.50. The van der Waals surface area contributed by atoms with Crippen LogP contribution in [0.15, 0.2) is 65.3 Å². The Morgan fingerprint density at radius 1 is 1.00 bits per heavy atom. The van der Waals surface area contributed by atoms with Crippen molar-refractivity contribution in [2.75, 3.05) is 0 Å². The number of hydrogen-bond donors (Lipinski definition) is 0. The summed E-state index contributed by atoms with van der Waals surface area (Å²) in [6, 6.07) is 18.1. The third-order valence-electron chi connectivity index (χ3n) is 2.87. The van der Waals surface area contributed by atoms with Gasteiger partial charge in [-0.25, -0.2) is 0 Å². The second kappa shape index (κ2) is 5.41. The quantitative estimate of drug-likeness (QED) is 0.706. The van der Waals surface area contributed by atoms with Crippen molar-refractivity contribution in [2.45, 2.75) is 6.61 Å². The Kier molecular flexibility index (Phi) is 3.47. The molecule has 0 amide bonds. The van der Waals surface area contributed by atoms with Crippen molar-refractivity contribution in [1.82, 2.24) is 4.98 Å². The van der Waals surface area contributed by atoms with E-state index in [1.165, 1.54) is 0 Å². The highest BCUT2D eigenvalue weighted by Crippen LogP contribution is 2.28. The predicted octanol–water partition coefficient (Wildman–Crippen LogP) is 4.58. The summed E-state index contributed by atoms with van der Waals surface area (Å²) in [5.41, 5.74) is 2.04. The molecular formula is C16H12BrNO. The third kappa shape index (κ3) is 2.76. The van der Waals surface area contributed by atoms with E-state index in [9.17, 15) is 0 Å². The Bertz CT molecular complexity index is 697. The summed E-state index contributed by atoms with van der Waals surface area (Å²) in [5.74, 6) is 0.800. The lowest BCUT2D eigenvalue weighted by atomic mass is 10.2. The molecule has 0 saturated heterocycles. The number of fused-ring (bicyclic) bond motifs is 1. The summed E-state index contributed by atoms with van der Waals surface area (Å²) in [7, 11) is 0. The van der Waals surface area contributed by atoms with Gasteiger partial charge in [0.05, 0.1) is 0 Å². The van der Waals surface area contributed by atoms with E-state index in [-0.39, 0.29) is 0 Å². The standard InChI is InChI=1S/C16H12BrNO/c17-14-9-13-7-4-8-18-16(13)15(10-14)19-11-12-5-2-1-3-6-12/h1-10H,11H2. The van der Waals surface area contributed by atoms with Gasteiger partial charge in [0.2, 0.25) is 0 Å². The first-order valence-electron chi connectivity index (χ1n) is 6.04. The van der Waals surface area contributed by atoms with Crippen molar-refractivity contribution in [2.24, 2.45) is 0 Å². The molecule has 1 heterocycles. The molecule has 0 saturated carbocycles. The molecule has 0 radical (unpaired) electrons. The zero-order valence-electron chi connectivity index (χ0n) is 10.2. The molecule has 0 bridgehead atoms. The lowest BCUT2D eigenvalue weighted by Gasteiger charge is -2.09. The number of nitrogens with zero attached hydrogens (tertiary/aromatic N) is 1. The Morgan fingerprint density at radius 2 is 1.84 bits per heavy atom. The van der Waals surface area contributed by atoms with E-state index in [0.717, 1.165) is 26.7 Å². The highest BCUT2D eigenvalue weighted by Gasteiger charge is 2.05. The normalized spacial score (nSPS) is 10.6. The van der Waals surface area contributed by atoms with Crippen LogP contribution < -0.4 is 4.74 Å². The van der Waals surface area contributed by atoms with Gasteiger partial charge in [0.25, 0.3) is 0 Å². The second-order valence-corrected chi connectivity index (χ2v) is 5.17. The van der Waals surface area contributed by atoms with Gasteiger partial charge < -0.3 is 4.74 Å². The molecule has 0 unspecified atom stereocenters. The molecule has 0 spiro atoms. The molecule has 0 fully saturated rings. The van der Waals surface area contributed by atoms with Gasteiger partial charge in [0.1, 0.15) is 17.9 Å². The third-order valence-corrected chi connectivity index (χ3v) is 3.33. The Hall–Kier alpha value is -1.87. The van der Waals surface area contributed by atoms with Crippen LogP contribution >= 0.6 is 15.9 Å². The summed E-state index contributed by atoms with van der Waals surface area (Å²) in [6.07, 6.45) is 1.78. The average molecular weight is 314 g/mol. The van der Waals surface area contributed by atoms with Crippen LogP contribution in [0.5, 0.6) is 5.75 Å². The van der Waals surface area contributed by atoms with Gasteiger partial charge in [0.15, 0.2) is 0 Å². The number of halogens is 1. The maximum Gasteiger partial charge on any atom is 0.147 e. The SMILES string of the molecule is Brc1cc(OCc2ccccc2)c2ncccc2c1. The maximum atomic E-state index is 5.89. The minimum Gasteiger partial charge on any atom is -0.487 e. The highest BCUT2D eigenvalue weighted by atomic mass is 79.9. The largest absolute Gasteiger partial charge is 0.487 e. The van der Waals surface area contributed by atoms with Crippen LogP contribution in [-0.4, -0.2) is 4.98 Å². The molecule has 0 atom stereocenters. The summed E-state index contributed by atoms with van der Waals surface area (Å²) in [4.78, 5) is 4.39.